The van der Waals surface area contributed by atoms with E-state index in [0.717, 1.165) is 24.9 Å². The molecule has 1 aromatic carbocycles. The predicted octanol–water partition coefficient (Wildman–Crippen LogP) is 3.31. The number of hydrogen-bond acceptors (Lipinski definition) is 5. The zero-order valence-electron chi connectivity index (χ0n) is 11.7. The highest BCUT2D eigenvalue weighted by Crippen LogP contribution is 2.24. The highest BCUT2D eigenvalue weighted by Gasteiger charge is 2.21. The average molecular weight is 299 g/mol. The molecule has 1 saturated heterocycles. The fraction of sp³-hybridized carbons (Fsp3) is 0.375. The molecule has 0 N–H and O–H groups in total. The van der Waals surface area contributed by atoms with Gasteiger partial charge in [-0.05, 0) is 37.1 Å². The van der Waals surface area contributed by atoms with E-state index in [2.05, 4.69) is 16.0 Å². The Morgan fingerprint density at radius 2 is 2.24 bits per heavy atom. The molecule has 1 fully saturated rings. The number of nitrogens with zero attached hydrogens (tertiary/aromatic N) is 3. The largest absolute Gasteiger partial charge is 0.470 e. The summed E-state index contributed by atoms with van der Waals surface area (Å²) in [5.41, 5.74) is 1.90. The molecule has 108 valence electrons. The molecule has 0 amide bonds. The molecule has 1 atom stereocenters. The lowest BCUT2D eigenvalue weighted by Gasteiger charge is -2.34. The lowest BCUT2D eigenvalue weighted by molar-refractivity contribution is 0.228. The second-order valence-corrected chi connectivity index (χ2v) is 6.08. The minimum absolute atomic E-state index is 0.526. The first kappa shape index (κ1) is 13.9. The summed E-state index contributed by atoms with van der Waals surface area (Å²) in [7, 11) is 0. The molecule has 1 aliphatic heterocycles. The SMILES string of the molecule is N#Cc1ccc(N2CCCC(COc3nccs3)C2)cc1. The molecule has 2 aromatic rings. The summed E-state index contributed by atoms with van der Waals surface area (Å²) in [6, 6.07) is 9.98. The number of ether oxygens (including phenoxy) is 1. The van der Waals surface area contributed by atoms with Crippen LogP contribution in [0.15, 0.2) is 35.8 Å². The van der Waals surface area contributed by atoms with Gasteiger partial charge in [0.25, 0.3) is 5.19 Å². The van der Waals surface area contributed by atoms with Crippen molar-refractivity contribution in [3.8, 4) is 11.3 Å². The number of aromatic nitrogens is 1. The normalized spacial score (nSPS) is 18.2. The minimum Gasteiger partial charge on any atom is -0.470 e. The molecule has 1 aromatic heterocycles. The fourth-order valence-electron chi connectivity index (χ4n) is 2.65. The number of benzene rings is 1. The minimum atomic E-state index is 0.526. The Labute approximate surface area is 128 Å². The maximum absolute atomic E-state index is 8.86. The first-order chi connectivity index (χ1) is 10.3. The number of thiazole rings is 1. The van der Waals surface area contributed by atoms with E-state index in [1.54, 1.807) is 6.20 Å². The molecule has 1 aliphatic rings. The van der Waals surface area contributed by atoms with Gasteiger partial charge >= 0.3 is 0 Å². The van der Waals surface area contributed by atoms with Gasteiger partial charge in [0.15, 0.2) is 0 Å². The van der Waals surface area contributed by atoms with Crippen molar-refractivity contribution in [3.63, 3.8) is 0 Å². The number of anilines is 1. The van der Waals surface area contributed by atoms with Crippen molar-refractivity contribution in [3.05, 3.63) is 41.4 Å². The summed E-state index contributed by atoms with van der Waals surface area (Å²) in [4.78, 5) is 6.52. The Hall–Kier alpha value is -2.06. The van der Waals surface area contributed by atoms with Crippen LogP contribution in [0.5, 0.6) is 5.19 Å². The van der Waals surface area contributed by atoms with Crippen LogP contribution >= 0.6 is 11.3 Å². The van der Waals surface area contributed by atoms with E-state index < -0.39 is 0 Å². The van der Waals surface area contributed by atoms with Crippen LogP contribution in [-0.4, -0.2) is 24.7 Å². The Bertz CT molecular complexity index is 603. The Morgan fingerprint density at radius 3 is 2.95 bits per heavy atom. The monoisotopic (exact) mass is 299 g/mol. The predicted molar refractivity (Wildman–Crippen MR) is 83.7 cm³/mol. The van der Waals surface area contributed by atoms with Crippen LogP contribution in [0.1, 0.15) is 18.4 Å². The molecule has 1 unspecified atom stereocenters. The summed E-state index contributed by atoms with van der Waals surface area (Å²) in [5.74, 6) is 0.526. The van der Waals surface area contributed by atoms with E-state index in [-0.39, 0.29) is 0 Å². The van der Waals surface area contributed by atoms with Gasteiger partial charge in [-0.3, -0.25) is 0 Å². The molecule has 0 radical (unpaired) electrons. The average Bonchev–Trinajstić information content (AvgIpc) is 3.07. The molecule has 3 rings (SSSR count). The van der Waals surface area contributed by atoms with Gasteiger partial charge in [0.05, 0.1) is 18.2 Å². The molecule has 5 heteroatoms. The number of nitriles is 1. The molecule has 0 bridgehead atoms. The van der Waals surface area contributed by atoms with Crippen molar-refractivity contribution in [1.82, 2.24) is 4.98 Å². The second kappa shape index (κ2) is 6.59. The molecule has 21 heavy (non-hydrogen) atoms. The Balaban J connectivity index is 1.58. The second-order valence-electron chi connectivity index (χ2n) is 5.22. The van der Waals surface area contributed by atoms with E-state index in [4.69, 9.17) is 10.00 Å². The van der Waals surface area contributed by atoms with Crippen LogP contribution in [0.25, 0.3) is 0 Å². The maximum Gasteiger partial charge on any atom is 0.273 e. The zero-order valence-corrected chi connectivity index (χ0v) is 12.6. The molecular formula is C16H17N3OS. The van der Waals surface area contributed by atoms with E-state index in [9.17, 15) is 0 Å². The highest BCUT2D eigenvalue weighted by molar-refractivity contribution is 7.11. The van der Waals surface area contributed by atoms with Crippen molar-refractivity contribution in [2.75, 3.05) is 24.6 Å². The fourth-order valence-corrected chi connectivity index (χ4v) is 3.15. The third-order valence-electron chi connectivity index (χ3n) is 3.73. The van der Waals surface area contributed by atoms with E-state index in [1.807, 2.05) is 29.6 Å². The quantitative estimate of drug-likeness (QED) is 0.869. The zero-order chi connectivity index (χ0) is 14.5. The molecule has 2 heterocycles. The molecule has 0 aliphatic carbocycles. The summed E-state index contributed by atoms with van der Waals surface area (Å²) in [6.45, 7) is 2.79. The molecule has 0 saturated carbocycles. The standard InChI is InChI=1S/C16H17N3OS/c17-10-13-3-5-15(6-4-13)19-8-1-2-14(11-19)12-20-16-18-7-9-21-16/h3-7,9,14H,1-2,8,11-12H2. The van der Waals surface area contributed by atoms with Gasteiger partial charge in [0, 0.05) is 36.3 Å². The van der Waals surface area contributed by atoms with E-state index in [0.29, 0.717) is 11.5 Å². The van der Waals surface area contributed by atoms with Crippen LogP contribution in [0.4, 0.5) is 5.69 Å². The van der Waals surface area contributed by atoms with Gasteiger partial charge < -0.3 is 9.64 Å². The lowest BCUT2D eigenvalue weighted by Crippen LogP contribution is -2.37. The van der Waals surface area contributed by atoms with Crippen LogP contribution in [-0.2, 0) is 0 Å². The van der Waals surface area contributed by atoms with Crippen LogP contribution in [0, 0.1) is 17.2 Å². The first-order valence-corrected chi connectivity index (χ1v) is 8.00. The third-order valence-corrected chi connectivity index (χ3v) is 4.42. The number of piperidine rings is 1. The van der Waals surface area contributed by atoms with Crippen LogP contribution in [0.3, 0.4) is 0 Å². The van der Waals surface area contributed by atoms with E-state index >= 15 is 0 Å². The van der Waals surface area contributed by atoms with Crippen molar-refractivity contribution in [2.24, 2.45) is 5.92 Å². The van der Waals surface area contributed by atoms with Gasteiger partial charge in [-0.25, -0.2) is 4.98 Å². The smallest absolute Gasteiger partial charge is 0.273 e. The number of rotatable bonds is 4. The van der Waals surface area contributed by atoms with Gasteiger partial charge in [0.1, 0.15) is 0 Å². The lowest BCUT2D eigenvalue weighted by atomic mass is 9.98. The van der Waals surface area contributed by atoms with Crippen molar-refractivity contribution in [2.45, 2.75) is 12.8 Å². The van der Waals surface area contributed by atoms with Gasteiger partial charge in [0.2, 0.25) is 0 Å². The van der Waals surface area contributed by atoms with Gasteiger partial charge in [-0.2, -0.15) is 5.26 Å². The van der Waals surface area contributed by atoms with Crippen molar-refractivity contribution < 1.29 is 4.74 Å². The summed E-state index contributed by atoms with van der Waals surface area (Å²) in [5, 5.41) is 11.5. The van der Waals surface area contributed by atoms with Crippen molar-refractivity contribution in [1.29, 1.82) is 5.26 Å². The van der Waals surface area contributed by atoms with Gasteiger partial charge in [-0.15, -0.1) is 0 Å². The molecular weight excluding hydrogens is 282 g/mol. The Kier molecular flexibility index (Phi) is 4.37. The Morgan fingerprint density at radius 1 is 1.38 bits per heavy atom. The summed E-state index contributed by atoms with van der Waals surface area (Å²) >= 11 is 1.54. The van der Waals surface area contributed by atoms with Crippen LogP contribution in [0.2, 0.25) is 0 Å². The summed E-state index contributed by atoms with van der Waals surface area (Å²) in [6.07, 6.45) is 4.13. The highest BCUT2D eigenvalue weighted by atomic mass is 32.1. The maximum atomic E-state index is 8.86. The first-order valence-electron chi connectivity index (χ1n) is 7.12. The topological polar surface area (TPSA) is 49.2 Å². The van der Waals surface area contributed by atoms with E-state index in [1.165, 1.54) is 29.9 Å². The van der Waals surface area contributed by atoms with Crippen LogP contribution < -0.4 is 9.64 Å². The molecule has 0 spiro atoms. The number of hydrogen-bond donors (Lipinski definition) is 0. The van der Waals surface area contributed by atoms with Crippen molar-refractivity contribution >= 4 is 17.0 Å². The molecule has 4 nitrogen and oxygen atoms in total. The van der Waals surface area contributed by atoms with Gasteiger partial charge in [-0.1, -0.05) is 11.3 Å². The summed E-state index contributed by atoms with van der Waals surface area (Å²) < 4.78 is 5.74. The third kappa shape index (κ3) is 3.53.